The molecule has 156 valence electrons. The van der Waals surface area contributed by atoms with Crippen LogP contribution in [0.2, 0.25) is 0 Å². The molecule has 2 atom stereocenters. The van der Waals surface area contributed by atoms with Gasteiger partial charge in [-0.1, -0.05) is 72.4 Å². The average Bonchev–Trinajstić information content (AvgIpc) is 3.40. The van der Waals surface area contributed by atoms with Crippen LogP contribution in [0.4, 0.5) is 0 Å². The molecule has 1 aromatic heterocycles. The minimum atomic E-state index is -3.66. The fourth-order valence-electron chi connectivity index (χ4n) is 3.77. The van der Waals surface area contributed by atoms with Gasteiger partial charge in [0.1, 0.15) is 0 Å². The highest BCUT2D eigenvalue weighted by molar-refractivity contribution is 7.99. The summed E-state index contributed by atoms with van der Waals surface area (Å²) in [5.41, 5.74) is 3.07. The van der Waals surface area contributed by atoms with Crippen molar-refractivity contribution in [3.63, 3.8) is 0 Å². The van der Waals surface area contributed by atoms with Gasteiger partial charge in [-0.2, -0.15) is 4.68 Å². The van der Waals surface area contributed by atoms with Crippen molar-refractivity contribution in [2.45, 2.75) is 27.8 Å². The van der Waals surface area contributed by atoms with Crippen molar-refractivity contribution in [1.29, 1.82) is 0 Å². The van der Waals surface area contributed by atoms with Gasteiger partial charge < -0.3 is 0 Å². The molecule has 0 amide bonds. The minimum Gasteiger partial charge on any atom is -0.207 e. The number of aromatic nitrogens is 4. The summed E-state index contributed by atoms with van der Waals surface area (Å²) in [5.74, 6) is 0. The Bertz CT molecular complexity index is 1290. The first kappa shape index (κ1) is 19.9. The summed E-state index contributed by atoms with van der Waals surface area (Å²) in [5, 5.41) is 12.6. The van der Waals surface area contributed by atoms with Crippen molar-refractivity contribution in [3.05, 3.63) is 96.1 Å². The molecule has 1 aliphatic rings. The molecule has 0 saturated carbocycles. The molecule has 1 aliphatic carbocycles. The van der Waals surface area contributed by atoms with Crippen LogP contribution in [0.5, 0.6) is 0 Å². The standard InChI is InChI=1S/C22H19N5O2S2/c28-31(29,18-12-5-2-6-13-18)24-20-15-16-9-7-8-14-19(16)21(20)30-22-23-25-26-27(22)17-10-3-1-4-11-17/h1-14,20-21,24H,15H2/t20-,21+/m0/s1. The molecule has 5 rings (SSSR count). The molecule has 0 aliphatic heterocycles. The molecule has 3 aromatic carbocycles. The lowest BCUT2D eigenvalue weighted by Crippen LogP contribution is -2.37. The maximum absolute atomic E-state index is 13.0. The van der Waals surface area contributed by atoms with Crippen LogP contribution in [0.3, 0.4) is 0 Å². The summed E-state index contributed by atoms with van der Waals surface area (Å²) in [6.45, 7) is 0. The topological polar surface area (TPSA) is 89.8 Å². The summed E-state index contributed by atoms with van der Waals surface area (Å²) < 4.78 is 30.6. The van der Waals surface area contributed by atoms with Crippen molar-refractivity contribution in [2.24, 2.45) is 0 Å². The molecule has 0 spiro atoms. The summed E-state index contributed by atoms with van der Waals surface area (Å²) in [6.07, 6.45) is 0.604. The number of sulfonamides is 1. The van der Waals surface area contributed by atoms with E-state index in [2.05, 4.69) is 20.2 Å². The van der Waals surface area contributed by atoms with Gasteiger partial charge in [0.2, 0.25) is 15.2 Å². The first-order valence-electron chi connectivity index (χ1n) is 9.77. The fraction of sp³-hybridized carbons (Fsp3) is 0.136. The zero-order valence-corrected chi connectivity index (χ0v) is 18.0. The predicted molar refractivity (Wildman–Crippen MR) is 118 cm³/mol. The number of rotatable bonds is 6. The molecule has 0 radical (unpaired) electrons. The quantitative estimate of drug-likeness (QED) is 0.485. The molecule has 1 heterocycles. The number of hydrogen-bond donors (Lipinski definition) is 1. The largest absolute Gasteiger partial charge is 0.240 e. The SMILES string of the molecule is O=S(=O)(N[C@H]1Cc2ccccc2[C@H]1Sc1nnnn1-c1ccccc1)c1ccccc1. The van der Waals surface area contributed by atoms with E-state index in [-0.39, 0.29) is 16.2 Å². The Balaban J connectivity index is 1.48. The number of nitrogens with one attached hydrogen (secondary N) is 1. The predicted octanol–water partition coefficient (Wildman–Crippen LogP) is 3.40. The molecule has 4 aromatic rings. The lowest BCUT2D eigenvalue weighted by molar-refractivity contribution is 0.552. The zero-order valence-electron chi connectivity index (χ0n) is 16.4. The normalized spacial score (nSPS) is 18.1. The Morgan fingerprint density at radius 1 is 0.903 bits per heavy atom. The summed E-state index contributed by atoms with van der Waals surface area (Å²) in [6, 6.07) is 25.8. The molecule has 9 heteroatoms. The second kappa shape index (κ2) is 8.26. The van der Waals surface area contributed by atoms with Crippen LogP contribution in [0.1, 0.15) is 16.4 Å². The molecule has 0 unspecified atom stereocenters. The van der Waals surface area contributed by atoms with Crippen LogP contribution in [0.15, 0.2) is 95.0 Å². The molecule has 1 N–H and O–H groups in total. The van der Waals surface area contributed by atoms with Gasteiger partial charge in [-0.15, -0.1) is 5.10 Å². The van der Waals surface area contributed by atoms with E-state index in [1.807, 2.05) is 54.6 Å². The fourth-order valence-corrected chi connectivity index (χ4v) is 6.37. The van der Waals surface area contributed by atoms with E-state index >= 15 is 0 Å². The smallest absolute Gasteiger partial charge is 0.207 e. The average molecular weight is 450 g/mol. The molecule has 0 saturated heterocycles. The Morgan fingerprint density at radius 2 is 1.58 bits per heavy atom. The van der Waals surface area contributed by atoms with E-state index < -0.39 is 10.0 Å². The van der Waals surface area contributed by atoms with Gasteiger partial charge in [0, 0.05) is 6.04 Å². The summed E-state index contributed by atoms with van der Waals surface area (Å²) in [4.78, 5) is 0.254. The second-order valence-corrected chi connectivity index (χ2v) is 10.0. The number of tetrazole rings is 1. The van der Waals surface area contributed by atoms with Gasteiger partial charge in [0.15, 0.2) is 0 Å². The third kappa shape index (κ3) is 3.99. The van der Waals surface area contributed by atoms with Crippen LogP contribution < -0.4 is 4.72 Å². The molecule has 0 fully saturated rings. The lowest BCUT2D eigenvalue weighted by Gasteiger charge is -2.21. The maximum Gasteiger partial charge on any atom is 0.240 e. The van der Waals surface area contributed by atoms with E-state index in [1.165, 1.54) is 11.8 Å². The molecule has 31 heavy (non-hydrogen) atoms. The van der Waals surface area contributed by atoms with Gasteiger partial charge in [-0.3, -0.25) is 0 Å². The highest BCUT2D eigenvalue weighted by Crippen LogP contribution is 2.44. The van der Waals surface area contributed by atoms with Gasteiger partial charge >= 0.3 is 0 Å². The molecular formula is C22H19N5O2S2. The zero-order chi connectivity index (χ0) is 21.3. The monoisotopic (exact) mass is 449 g/mol. The number of benzene rings is 3. The van der Waals surface area contributed by atoms with E-state index in [4.69, 9.17) is 0 Å². The van der Waals surface area contributed by atoms with E-state index in [0.717, 1.165) is 16.8 Å². The van der Waals surface area contributed by atoms with Crippen LogP contribution in [0.25, 0.3) is 5.69 Å². The van der Waals surface area contributed by atoms with Gasteiger partial charge in [0.05, 0.1) is 15.8 Å². The van der Waals surface area contributed by atoms with E-state index in [0.29, 0.717) is 11.6 Å². The first-order chi connectivity index (χ1) is 15.1. The van der Waals surface area contributed by atoms with E-state index in [9.17, 15) is 8.42 Å². The third-order valence-corrected chi connectivity index (χ3v) is 8.01. The Hall–Kier alpha value is -3.01. The van der Waals surface area contributed by atoms with Crippen molar-refractivity contribution in [3.8, 4) is 5.69 Å². The van der Waals surface area contributed by atoms with E-state index in [1.54, 1.807) is 35.0 Å². The van der Waals surface area contributed by atoms with Crippen LogP contribution in [0, 0.1) is 0 Å². The number of para-hydroxylation sites is 1. The van der Waals surface area contributed by atoms with Crippen molar-refractivity contribution in [2.75, 3.05) is 0 Å². The minimum absolute atomic E-state index is 0.164. The van der Waals surface area contributed by atoms with Crippen molar-refractivity contribution < 1.29 is 8.42 Å². The van der Waals surface area contributed by atoms with Gasteiger partial charge in [-0.05, 0) is 52.2 Å². The Labute approximate surface area is 184 Å². The maximum atomic E-state index is 13.0. The van der Waals surface area contributed by atoms with Crippen molar-refractivity contribution >= 4 is 21.8 Å². The van der Waals surface area contributed by atoms with Crippen LogP contribution in [-0.2, 0) is 16.4 Å². The Morgan fingerprint density at radius 3 is 2.35 bits per heavy atom. The molecule has 7 nitrogen and oxygen atoms in total. The number of nitrogens with zero attached hydrogens (tertiary/aromatic N) is 4. The number of fused-ring (bicyclic) bond motifs is 1. The van der Waals surface area contributed by atoms with Crippen molar-refractivity contribution in [1.82, 2.24) is 24.9 Å². The van der Waals surface area contributed by atoms with Crippen LogP contribution >= 0.6 is 11.8 Å². The highest BCUT2D eigenvalue weighted by atomic mass is 32.2. The Kier molecular flexibility index (Phi) is 5.31. The highest BCUT2D eigenvalue weighted by Gasteiger charge is 2.37. The molecular weight excluding hydrogens is 430 g/mol. The number of thioether (sulfide) groups is 1. The third-order valence-electron chi connectivity index (χ3n) is 5.20. The van der Waals surface area contributed by atoms with Gasteiger partial charge in [0.25, 0.3) is 0 Å². The number of hydrogen-bond acceptors (Lipinski definition) is 6. The summed E-state index contributed by atoms with van der Waals surface area (Å²) >= 11 is 1.47. The lowest BCUT2D eigenvalue weighted by atomic mass is 10.1. The van der Waals surface area contributed by atoms with Gasteiger partial charge in [-0.25, -0.2) is 13.1 Å². The van der Waals surface area contributed by atoms with Crippen LogP contribution in [-0.4, -0.2) is 34.7 Å². The molecule has 0 bridgehead atoms. The summed E-state index contributed by atoms with van der Waals surface area (Å²) in [7, 11) is -3.66. The first-order valence-corrected chi connectivity index (χ1v) is 12.1. The second-order valence-electron chi connectivity index (χ2n) is 7.19.